The molecular formula is C11H6BrCl2FN2. The van der Waals surface area contributed by atoms with Crippen LogP contribution in [0.15, 0.2) is 34.9 Å². The molecule has 0 aliphatic heterocycles. The van der Waals surface area contributed by atoms with Crippen LogP contribution in [-0.4, -0.2) is 4.98 Å². The van der Waals surface area contributed by atoms with Crippen molar-refractivity contribution >= 4 is 50.6 Å². The average molecular weight is 336 g/mol. The van der Waals surface area contributed by atoms with Crippen molar-refractivity contribution in [2.75, 3.05) is 5.32 Å². The molecule has 1 aromatic carbocycles. The summed E-state index contributed by atoms with van der Waals surface area (Å²) in [5, 5.41) is 3.66. The number of nitrogens with zero attached hydrogens (tertiary/aromatic N) is 1. The predicted molar refractivity (Wildman–Crippen MR) is 71.6 cm³/mol. The number of hydrogen-bond acceptors (Lipinski definition) is 2. The molecule has 88 valence electrons. The van der Waals surface area contributed by atoms with E-state index in [-0.39, 0.29) is 5.82 Å². The Balaban J connectivity index is 2.28. The van der Waals surface area contributed by atoms with Crippen molar-refractivity contribution in [2.45, 2.75) is 0 Å². The van der Waals surface area contributed by atoms with Crippen molar-refractivity contribution in [2.24, 2.45) is 0 Å². The first-order chi connectivity index (χ1) is 8.06. The zero-order chi connectivity index (χ0) is 12.4. The molecule has 0 saturated carbocycles. The quantitative estimate of drug-likeness (QED) is 0.832. The standard InChI is InChI=1S/C11H6BrCl2FN2/c12-6-3-10(15)11(16-5-6)17-7-1-2-8(13)9(14)4-7/h1-5H,(H,16,17). The van der Waals surface area contributed by atoms with Crippen molar-refractivity contribution in [1.82, 2.24) is 4.98 Å². The molecule has 2 rings (SSSR count). The van der Waals surface area contributed by atoms with Gasteiger partial charge < -0.3 is 5.32 Å². The van der Waals surface area contributed by atoms with Crippen LogP contribution < -0.4 is 5.32 Å². The molecule has 2 nitrogen and oxygen atoms in total. The van der Waals surface area contributed by atoms with E-state index in [0.29, 0.717) is 20.2 Å². The van der Waals surface area contributed by atoms with Gasteiger partial charge >= 0.3 is 0 Å². The minimum absolute atomic E-state index is 0.131. The largest absolute Gasteiger partial charge is 0.338 e. The SMILES string of the molecule is Fc1cc(Br)cnc1Nc1ccc(Cl)c(Cl)c1. The number of pyridine rings is 1. The van der Waals surface area contributed by atoms with Gasteiger partial charge in [0, 0.05) is 16.4 Å². The first kappa shape index (κ1) is 12.6. The highest BCUT2D eigenvalue weighted by atomic mass is 79.9. The Labute approximate surface area is 116 Å². The molecule has 0 unspecified atom stereocenters. The monoisotopic (exact) mass is 334 g/mol. The summed E-state index contributed by atoms with van der Waals surface area (Å²) in [6.07, 6.45) is 1.50. The highest BCUT2D eigenvalue weighted by molar-refractivity contribution is 9.10. The van der Waals surface area contributed by atoms with Gasteiger partial charge in [-0.05, 0) is 40.2 Å². The molecule has 2 aromatic rings. The predicted octanol–water partition coefficient (Wildman–Crippen LogP) is 5.03. The molecule has 1 N–H and O–H groups in total. The Hall–Kier alpha value is -0.840. The van der Waals surface area contributed by atoms with Crippen molar-refractivity contribution in [3.8, 4) is 0 Å². The maximum absolute atomic E-state index is 13.5. The Morgan fingerprint density at radius 1 is 1.18 bits per heavy atom. The fraction of sp³-hybridized carbons (Fsp3) is 0. The number of halogens is 4. The van der Waals surface area contributed by atoms with E-state index in [1.807, 2.05) is 0 Å². The van der Waals surface area contributed by atoms with Crippen molar-refractivity contribution < 1.29 is 4.39 Å². The van der Waals surface area contributed by atoms with E-state index in [2.05, 4.69) is 26.2 Å². The second-order valence-electron chi connectivity index (χ2n) is 3.24. The fourth-order valence-electron chi connectivity index (χ4n) is 1.22. The molecule has 0 saturated heterocycles. The van der Waals surface area contributed by atoms with Gasteiger partial charge in [0.25, 0.3) is 0 Å². The maximum atomic E-state index is 13.5. The summed E-state index contributed by atoms with van der Waals surface area (Å²) in [4.78, 5) is 3.92. The molecule has 17 heavy (non-hydrogen) atoms. The van der Waals surface area contributed by atoms with E-state index in [0.717, 1.165) is 0 Å². The molecule has 0 amide bonds. The lowest BCUT2D eigenvalue weighted by Gasteiger charge is -2.07. The highest BCUT2D eigenvalue weighted by Crippen LogP contribution is 2.27. The summed E-state index contributed by atoms with van der Waals surface area (Å²) in [5.74, 6) is -0.322. The van der Waals surface area contributed by atoms with Crippen LogP contribution in [0.1, 0.15) is 0 Å². The van der Waals surface area contributed by atoms with Gasteiger partial charge in [0.15, 0.2) is 11.6 Å². The van der Waals surface area contributed by atoms with Gasteiger partial charge in [0.2, 0.25) is 0 Å². The van der Waals surface area contributed by atoms with E-state index in [9.17, 15) is 4.39 Å². The van der Waals surface area contributed by atoms with Crippen molar-refractivity contribution in [3.63, 3.8) is 0 Å². The van der Waals surface area contributed by atoms with Crippen LogP contribution in [0, 0.1) is 5.82 Å². The summed E-state index contributed by atoms with van der Waals surface area (Å²) in [5.41, 5.74) is 0.619. The van der Waals surface area contributed by atoms with Crippen LogP contribution >= 0.6 is 39.1 Å². The third-order valence-electron chi connectivity index (χ3n) is 1.99. The minimum Gasteiger partial charge on any atom is -0.338 e. The average Bonchev–Trinajstić information content (AvgIpc) is 2.27. The molecular weight excluding hydrogens is 330 g/mol. The summed E-state index contributed by atoms with van der Waals surface area (Å²) >= 11 is 14.8. The Morgan fingerprint density at radius 2 is 1.94 bits per heavy atom. The van der Waals surface area contributed by atoms with E-state index in [4.69, 9.17) is 23.2 Å². The number of anilines is 2. The molecule has 6 heteroatoms. The number of nitrogens with one attached hydrogen (secondary N) is 1. The highest BCUT2D eigenvalue weighted by Gasteiger charge is 2.06. The smallest absolute Gasteiger partial charge is 0.166 e. The van der Waals surface area contributed by atoms with Gasteiger partial charge in [-0.2, -0.15) is 0 Å². The zero-order valence-electron chi connectivity index (χ0n) is 8.35. The van der Waals surface area contributed by atoms with Crippen LogP contribution in [0.2, 0.25) is 10.0 Å². The van der Waals surface area contributed by atoms with Crippen LogP contribution in [0.25, 0.3) is 0 Å². The summed E-state index contributed by atoms with van der Waals surface area (Å²) in [7, 11) is 0. The van der Waals surface area contributed by atoms with E-state index in [1.54, 1.807) is 18.2 Å². The minimum atomic E-state index is -0.453. The van der Waals surface area contributed by atoms with E-state index >= 15 is 0 Å². The second-order valence-corrected chi connectivity index (χ2v) is 4.97. The Bertz CT molecular complexity index is 563. The first-order valence-corrected chi connectivity index (χ1v) is 6.14. The molecule has 0 atom stereocenters. The molecule has 0 aliphatic carbocycles. The molecule has 0 radical (unpaired) electrons. The third kappa shape index (κ3) is 3.09. The molecule has 0 aliphatic rings. The molecule has 1 aromatic heterocycles. The maximum Gasteiger partial charge on any atom is 0.166 e. The van der Waals surface area contributed by atoms with Gasteiger partial charge in [0.1, 0.15) is 0 Å². The molecule has 1 heterocycles. The lowest BCUT2D eigenvalue weighted by atomic mass is 10.3. The summed E-state index contributed by atoms with van der Waals surface area (Å²) < 4.78 is 14.1. The number of rotatable bonds is 2. The number of hydrogen-bond donors (Lipinski definition) is 1. The van der Waals surface area contributed by atoms with Crippen molar-refractivity contribution in [3.05, 3.63) is 50.8 Å². The van der Waals surface area contributed by atoms with Gasteiger partial charge in [-0.1, -0.05) is 23.2 Å². The number of aromatic nitrogens is 1. The molecule has 0 spiro atoms. The summed E-state index contributed by atoms with van der Waals surface area (Å²) in [6, 6.07) is 6.25. The van der Waals surface area contributed by atoms with Gasteiger partial charge in [-0.25, -0.2) is 9.37 Å². The molecule has 0 fully saturated rings. The van der Waals surface area contributed by atoms with Crippen LogP contribution in [0.3, 0.4) is 0 Å². The van der Waals surface area contributed by atoms with Gasteiger partial charge in [0.05, 0.1) is 10.0 Å². The summed E-state index contributed by atoms with van der Waals surface area (Å²) in [6.45, 7) is 0. The van der Waals surface area contributed by atoms with Gasteiger partial charge in [-0.3, -0.25) is 0 Å². The zero-order valence-corrected chi connectivity index (χ0v) is 11.4. The normalized spacial score (nSPS) is 10.4. The first-order valence-electron chi connectivity index (χ1n) is 4.59. The lowest BCUT2D eigenvalue weighted by molar-refractivity contribution is 0.625. The van der Waals surface area contributed by atoms with Crippen LogP contribution in [-0.2, 0) is 0 Å². The second kappa shape index (κ2) is 5.21. The van der Waals surface area contributed by atoms with E-state index < -0.39 is 5.82 Å². The Morgan fingerprint density at radius 3 is 2.59 bits per heavy atom. The Kier molecular flexibility index (Phi) is 3.86. The topological polar surface area (TPSA) is 24.9 Å². The number of benzene rings is 1. The van der Waals surface area contributed by atoms with E-state index in [1.165, 1.54) is 12.3 Å². The van der Waals surface area contributed by atoms with Crippen LogP contribution in [0.4, 0.5) is 15.9 Å². The fourth-order valence-corrected chi connectivity index (χ4v) is 1.82. The lowest BCUT2D eigenvalue weighted by Crippen LogP contribution is -1.96. The molecule has 0 bridgehead atoms. The third-order valence-corrected chi connectivity index (χ3v) is 3.16. The van der Waals surface area contributed by atoms with Crippen LogP contribution in [0.5, 0.6) is 0 Å². The van der Waals surface area contributed by atoms with Crippen molar-refractivity contribution in [1.29, 1.82) is 0 Å². The van der Waals surface area contributed by atoms with Gasteiger partial charge in [-0.15, -0.1) is 0 Å².